The van der Waals surface area contributed by atoms with Gasteiger partial charge in [0.15, 0.2) is 0 Å². The summed E-state index contributed by atoms with van der Waals surface area (Å²) in [5, 5.41) is 0. The predicted molar refractivity (Wildman–Crippen MR) is 83.8 cm³/mol. The van der Waals surface area contributed by atoms with Crippen LogP contribution < -0.4 is 0 Å². The maximum Gasteiger partial charge on any atom is 0.410 e. The van der Waals surface area contributed by atoms with Crippen molar-refractivity contribution >= 4 is 6.09 Å². The first-order valence-corrected chi connectivity index (χ1v) is 7.98. The summed E-state index contributed by atoms with van der Waals surface area (Å²) < 4.78 is 5.55. The van der Waals surface area contributed by atoms with E-state index in [4.69, 9.17) is 4.74 Å². The summed E-state index contributed by atoms with van der Waals surface area (Å²) in [7, 11) is 0. The highest BCUT2D eigenvalue weighted by molar-refractivity contribution is 5.69. The zero-order chi connectivity index (χ0) is 15.6. The molecule has 1 amide bonds. The molecule has 1 saturated heterocycles. The van der Waals surface area contributed by atoms with Crippen LogP contribution >= 0.6 is 0 Å². The van der Waals surface area contributed by atoms with Crippen LogP contribution in [-0.2, 0) is 4.74 Å². The molecule has 0 aliphatic carbocycles. The van der Waals surface area contributed by atoms with Crippen molar-refractivity contribution in [3.63, 3.8) is 0 Å². The highest BCUT2D eigenvalue weighted by atomic mass is 16.6. The fraction of sp³-hybridized carbons (Fsp3) is 0.941. The maximum atomic E-state index is 12.5. The molecule has 0 radical (unpaired) electrons. The van der Waals surface area contributed by atoms with Crippen LogP contribution in [-0.4, -0.2) is 29.7 Å². The second-order valence-electron chi connectivity index (χ2n) is 8.58. The number of carbonyl (C=O) groups is 1. The van der Waals surface area contributed by atoms with Gasteiger partial charge in [0.05, 0.1) is 6.61 Å². The van der Waals surface area contributed by atoms with Crippen LogP contribution in [0.2, 0.25) is 0 Å². The second-order valence-corrected chi connectivity index (χ2v) is 8.58. The Morgan fingerprint density at radius 2 is 1.60 bits per heavy atom. The molecule has 0 aromatic rings. The maximum absolute atomic E-state index is 12.5. The molecule has 1 aliphatic rings. The summed E-state index contributed by atoms with van der Waals surface area (Å²) in [5.41, 5.74) is 0.270. The van der Waals surface area contributed by atoms with Gasteiger partial charge in [-0.25, -0.2) is 4.79 Å². The van der Waals surface area contributed by atoms with Crippen LogP contribution in [0.4, 0.5) is 4.79 Å². The number of rotatable bonds is 3. The van der Waals surface area contributed by atoms with Crippen molar-refractivity contribution in [1.82, 2.24) is 4.90 Å². The smallest absolute Gasteiger partial charge is 0.410 e. The van der Waals surface area contributed by atoms with Crippen molar-refractivity contribution in [3.8, 4) is 0 Å². The first-order chi connectivity index (χ1) is 9.03. The molecule has 3 nitrogen and oxygen atoms in total. The molecule has 1 heterocycles. The van der Waals surface area contributed by atoms with Crippen LogP contribution in [0.5, 0.6) is 0 Å². The van der Waals surface area contributed by atoms with Gasteiger partial charge in [-0.3, -0.25) is 0 Å². The van der Waals surface area contributed by atoms with E-state index >= 15 is 0 Å². The molecular formula is C17H33NO2. The van der Waals surface area contributed by atoms with E-state index in [1.165, 1.54) is 0 Å². The fourth-order valence-electron chi connectivity index (χ4n) is 2.92. The van der Waals surface area contributed by atoms with Gasteiger partial charge in [-0.05, 0) is 36.5 Å². The average molecular weight is 283 g/mol. The molecule has 0 N–H and O–H groups in total. The Kier molecular flexibility index (Phi) is 5.51. The molecule has 118 valence electrons. The average Bonchev–Trinajstić information content (AvgIpc) is 2.65. The first kappa shape index (κ1) is 17.3. The lowest BCUT2D eigenvalue weighted by atomic mass is 9.87. The van der Waals surface area contributed by atoms with Crippen molar-refractivity contribution < 1.29 is 9.53 Å². The number of amides is 1. The second kappa shape index (κ2) is 6.36. The summed E-state index contributed by atoms with van der Waals surface area (Å²) in [6.07, 6.45) is 4.18. The van der Waals surface area contributed by atoms with Gasteiger partial charge in [0.1, 0.15) is 0 Å². The molecule has 2 atom stereocenters. The van der Waals surface area contributed by atoms with E-state index in [1.807, 2.05) is 4.90 Å². The Balaban J connectivity index is 2.71. The number of nitrogens with zero attached hydrogens (tertiary/aromatic N) is 1. The highest BCUT2D eigenvalue weighted by Gasteiger charge is 2.38. The van der Waals surface area contributed by atoms with Gasteiger partial charge < -0.3 is 9.64 Å². The molecule has 1 rings (SSSR count). The molecule has 1 aliphatic heterocycles. The van der Waals surface area contributed by atoms with Gasteiger partial charge >= 0.3 is 6.09 Å². The van der Waals surface area contributed by atoms with Crippen LogP contribution in [0.25, 0.3) is 0 Å². The van der Waals surface area contributed by atoms with E-state index in [0.29, 0.717) is 18.7 Å². The number of hydrogen-bond acceptors (Lipinski definition) is 2. The molecule has 20 heavy (non-hydrogen) atoms. The molecular weight excluding hydrogens is 250 g/mol. The van der Waals surface area contributed by atoms with Gasteiger partial charge in [-0.15, -0.1) is 0 Å². The third-order valence-corrected chi connectivity index (χ3v) is 3.78. The lowest BCUT2D eigenvalue weighted by Gasteiger charge is -2.33. The van der Waals surface area contributed by atoms with Crippen molar-refractivity contribution in [2.75, 3.05) is 6.61 Å². The van der Waals surface area contributed by atoms with Crippen LogP contribution in [0.3, 0.4) is 0 Å². The van der Waals surface area contributed by atoms with E-state index < -0.39 is 0 Å². The third-order valence-electron chi connectivity index (χ3n) is 3.78. The van der Waals surface area contributed by atoms with Gasteiger partial charge in [-0.2, -0.15) is 0 Å². The Bertz CT molecular complexity index is 325. The fourth-order valence-corrected chi connectivity index (χ4v) is 2.92. The van der Waals surface area contributed by atoms with Crippen molar-refractivity contribution in [1.29, 1.82) is 0 Å². The zero-order valence-electron chi connectivity index (χ0n) is 14.5. The molecule has 0 spiro atoms. The summed E-state index contributed by atoms with van der Waals surface area (Å²) in [5.74, 6) is 0. The molecule has 3 heteroatoms. The largest absolute Gasteiger partial charge is 0.449 e. The monoisotopic (exact) mass is 283 g/mol. The lowest BCUT2D eigenvalue weighted by molar-refractivity contribution is 0.0519. The van der Waals surface area contributed by atoms with Gasteiger partial charge in [0.25, 0.3) is 0 Å². The topological polar surface area (TPSA) is 29.5 Å². The minimum absolute atomic E-state index is 0.0244. The van der Waals surface area contributed by atoms with E-state index in [0.717, 1.165) is 25.7 Å². The van der Waals surface area contributed by atoms with Crippen molar-refractivity contribution in [2.45, 2.75) is 86.2 Å². The molecule has 0 aromatic heterocycles. The summed E-state index contributed by atoms with van der Waals surface area (Å²) in [6.45, 7) is 15.6. The van der Waals surface area contributed by atoms with E-state index in [-0.39, 0.29) is 16.9 Å². The van der Waals surface area contributed by atoms with Crippen molar-refractivity contribution in [3.05, 3.63) is 0 Å². The Morgan fingerprint density at radius 1 is 1.05 bits per heavy atom. The number of likely N-dealkylation sites (tertiary alicyclic amines) is 1. The molecule has 2 unspecified atom stereocenters. The van der Waals surface area contributed by atoms with Crippen LogP contribution in [0.15, 0.2) is 0 Å². The Morgan fingerprint density at radius 3 is 2.05 bits per heavy atom. The summed E-state index contributed by atoms with van der Waals surface area (Å²) in [6, 6.07) is 0.697. The van der Waals surface area contributed by atoms with Crippen LogP contribution in [0, 0.1) is 10.8 Å². The minimum atomic E-state index is -0.112. The zero-order valence-corrected chi connectivity index (χ0v) is 14.5. The quantitative estimate of drug-likeness (QED) is 0.741. The molecule has 0 saturated carbocycles. The summed E-state index contributed by atoms with van der Waals surface area (Å²) >= 11 is 0. The number of carbonyl (C=O) groups excluding carboxylic acids is 1. The van der Waals surface area contributed by atoms with E-state index in [1.54, 1.807) is 0 Å². The SMILES string of the molecule is CCC1CCC(CC(C)(C)C)N1C(=O)OCC(C)(C)C. The number of ether oxygens (including phenoxy) is 1. The summed E-state index contributed by atoms with van der Waals surface area (Å²) in [4.78, 5) is 14.5. The van der Waals surface area contributed by atoms with Gasteiger partial charge in [-0.1, -0.05) is 48.5 Å². The normalized spacial score (nSPS) is 24.1. The van der Waals surface area contributed by atoms with Crippen molar-refractivity contribution in [2.24, 2.45) is 10.8 Å². The number of hydrogen-bond donors (Lipinski definition) is 0. The van der Waals surface area contributed by atoms with E-state index in [9.17, 15) is 4.79 Å². The predicted octanol–water partition coefficient (Wildman–Crippen LogP) is 4.85. The minimum Gasteiger partial charge on any atom is -0.449 e. The standard InChI is InChI=1S/C17H33NO2/c1-8-13-9-10-14(11-16(2,3)4)18(13)15(19)20-12-17(5,6)7/h13-14H,8-12H2,1-7H3. The molecule has 1 fully saturated rings. The van der Waals surface area contributed by atoms with Gasteiger partial charge in [0, 0.05) is 12.1 Å². The van der Waals surface area contributed by atoms with Gasteiger partial charge in [0.2, 0.25) is 0 Å². The first-order valence-electron chi connectivity index (χ1n) is 7.98. The van der Waals surface area contributed by atoms with Crippen LogP contribution in [0.1, 0.15) is 74.1 Å². The lowest BCUT2D eigenvalue weighted by Crippen LogP contribution is -2.43. The Labute approximate surface area is 125 Å². The molecule has 0 aromatic carbocycles. The molecule has 0 bridgehead atoms. The Hall–Kier alpha value is -0.730. The highest BCUT2D eigenvalue weighted by Crippen LogP contribution is 2.34. The van der Waals surface area contributed by atoms with E-state index in [2.05, 4.69) is 48.5 Å². The third kappa shape index (κ3) is 5.34.